The van der Waals surface area contributed by atoms with Crippen molar-refractivity contribution in [1.29, 1.82) is 0 Å². The third-order valence-corrected chi connectivity index (χ3v) is 7.28. The highest BCUT2D eigenvalue weighted by molar-refractivity contribution is 7.92. The number of nitrogens with one attached hydrogen (secondary N) is 1. The van der Waals surface area contributed by atoms with Crippen LogP contribution in [0.5, 0.6) is 5.75 Å². The molecule has 2 heterocycles. The molecule has 0 aliphatic rings. The van der Waals surface area contributed by atoms with Crippen molar-refractivity contribution in [3.8, 4) is 27.7 Å². The van der Waals surface area contributed by atoms with Gasteiger partial charge >= 0.3 is 0 Å². The largest absolute Gasteiger partial charge is 0.497 e. The molecule has 0 aliphatic carbocycles. The molecule has 4 aromatic rings. The molecular formula is C22H21N3O3S2. The molecule has 0 fully saturated rings. The average molecular weight is 440 g/mol. The monoisotopic (exact) mass is 439 g/mol. The average Bonchev–Trinajstić information content (AvgIpc) is 3.35. The van der Waals surface area contributed by atoms with Crippen LogP contribution in [0.4, 0.5) is 5.69 Å². The quantitative estimate of drug-likeness (QED) is 0.462. The van der Waals surface area contributed by atoms with E-state index in [-0.39, 0.29) is 4.90 Å². The highest BCUT2D eigenvalue weighted by Crippen LogP contribution is 2.33. The van der Waals surface area contributed by atoms with Crippen LogP contribution in [0, 0.1) is 6.92 Å². The summed E-state index contributed by atoms with van der Waals surface area (Å²) in [6, 6.07) is 18.3. The number of rotatable bonds is 6. The Morgan fingerprint density at radius 1 is 1.07 bits per heavy atom. The Balaban J connectivity index is 1.66. The molecule has 1 N–H and O–H groups in total. The van der Waals surface area contributed by atoms with E-state index in [1.807, 2.05) is 47.3 Å². The van der Waals surface area contributed by atoms with Crippen molar-refractivity contribution in [3.05, 3.63) is 71.7 Å². The van der Waals surface area contributed by atoms with Crippen LogP contribution in [0.3, 0.4) is 0 Å². The summed E-state index contributed by atoms with van der Waals surface area (Å²) in [4.78, 5) is 4.95. The Labute approximate surface area is 179 Å². The van der Waals surface area contributed by atoms with Crippen molar-refractivity contribution >= 4 is 27.0 Å². The van der Waals surface area contributed by atoms with Gasteiger partial charge in [-0.25, -0.2) is 13.4 Å². The Bertz CT molecular complexity index is 1280. The van der Waals surface area contributed by atoms with E-state index < -0.39 is 10.0 Å². The van der Waals surface area contributed by atoms with E-state index >= 15 is 0 Å². The second kappa shape index (κ2) is 7.97. The van der Waals surface area contributed by atoms with E-state index in [2.05, 4.69) is 4.72 Å². The predicted octanol–water partition coefficient (Wildman–Crippen LogP) is 4.93. The van der Waals surface area contributed by atoms with E-state index in [0.29, 0.717) is 17.1 Å². The molecular weight excluding hydrogens is 418 g/mol. The Kier molecular flexibility index (Phi) is 5.36. The summed E-state index contributed by atoms with van der Waals surface area (Å²) >= 11 is 1.49. The second-order valence-corrected chi connectivity index (χ2v) is 9.29. The van der Waals surface area contributed by atoms with Crippen LogP contribution in [-0.2, 0) is 17.1 Å². The fourth-order valence-corrected chi connectivity index (χ4v) is 5.38. The first kappa shape index (κ1) is 20.2. The maximum atomic E-state index is 13.0. The van der Waals surface area contributed by atoms with Crippen molar-refractivity contribution in [3.63, 3.8) is 0 Å². The molecule has 0 aliphatic heterocycles. The van der Waals surface area contributed by atoms with Gasteiger partial charge in [0, 0.05) is 29.4 Å². The minimum Gasteiger partial charge on any atom is -0.497 e. The Hall–Kier alpha value is -3.10. The Morgan fingerprint density at radius 3 is 2.43 bits per heavy atom. The first-order chi connectivity index (χ1) is 14.4. The standard InChI is InChI=1S/C22H21N3O3S2/c1-15-21(30(26,27)24-17-9-11-18(28-3)12-10-17)13-20(25(15)2)22-23-19(14-29-22)16-7-5-4-6-8-16/h4-14,24H,1-3H3. The topological polar surface area (TPSA) is 73.2 Å². The zero-order valence-corrected chi connectivity index (χ0v) is 18.4. The summed E-state index contributed by atoms with van der Waals surface area (Å²) in [7, 11) is -0.340. The lowest BCUT2D eigenvalue weighted by Gasteiger charge is -2.09. The molecule has 0 unspecified atom stereocenters. The van der Waals surface area contributed by atoms with Gasteiger partial charge < -0.3 is 9.30 Å². The van der Waals surface area contributed by atoms with Crippen LogP contribution < -0.4 is 9.46 Å². The molecule has 0 saturated carbocycles. The van der Waals surface area contributed by atoms with Gasteiger partial charge in [0.15, 0.2) is 0 Å². The van der Waals surface area contributed by atoms with Gasteiger partial charge in [-0.1, -0.05) is 30.3 Å². The lowest BCUT2D eigenvalue weighted by Crippen LogP contribution is -2.13. The molecule has 154 valence electrons. The molecule has 30 heavy (non-hydrogen) atoms. The maximum absolute atomic E-state index is 13.0. The van der Waals surface area contributed by atoms with Crippen molar-refractivity contribution < 1.29 is 13.2 Å². The zero-order valence-electron chi connectivity index (χ0n) is 16.8. The summed E-state index contributed by atoms with van der Waals surface area (Å²) < 4.78 is 35.7. The van der Waals surface area contributed by atoms with Crippen molar-refractivity contribution in [2.45, 2.75) is 11.8 Å². The van der Waals surface area contributed by atoms with E-state index in [0.717, 1.165) is 22.0 Å². The first-order valence-electron chi connectivity index (χ1n) is 9.23. The molecule has 0 atom stereocenters. The number of thiazole rings is 1. The van der Waals surface area contributed by atoms with Crippen LogP contribution >= 0.6 is 11.3 Å². The third-order valence-electron chi connectivity index (χ3n) is 4.91. The molecule has 4 rings (SSSR count). The SMILES string of the molecule is COc1ccc(NS(=O)(=O)c2cc(-c3nc(-c4ccccc4)cs3)n(C)c2C)cc1. The molecule has 0 bridgehead atoms. The lowest BCUT2D eigenvalue weighted by molar-refractivity contribution is 0.415. The molecule has 0 saturated heterocycles. The number of ether oxygens (including phenoxy) is 1. The summed E-state index contributed by atoms with van der Waals surface area (Å²) in [6.45, 7) is 1.79. The second-order valence-electron chi connectivity index (χ2n) is 6.78. The molecule has 0 spiro atoms. The van der Waals surface area contributed by atoms with Gasteiger partial charge in [-0.05, 0) is 37.3 Å². The van der Waals surface area contributed by atoms with Crippen LogP contribution in [-0.4, -0.2) is 25.1 Å². The minimum absolute atomic E-state index is 0.229. The van der Waals surface area contributed by atoms with Gasteiger partial charge in [-0.3, -0.25) is 4.72 Å². The lowest BCUT2D eigenvalue weighted by atomic mass is 10.2. The van der Waals surface area contributed by atoms with Crippen LogP contribution in [0.25, 0.3) is 22.0 Å². The molecule has 0 amide bonds. The first-order valence-corrected chi connectivity index (χ1v) is 11.6. The van der Waals surface area contributed by atoms with Gasteiger partial charge in [0.1, 0.15) is 15.7 Å². The maximum Gasteiger partial charge on any atom is 0.263 e. The highest BCUT2D eigenvalue weighted by atomic mass is 32.2. The highest BCUT2D eigenvalue weighted by Gasteiger charge is 2.23. The minimum atomic E-state index is -3.75. The van der Waals surface area contributed by atoms with E-state index in [1.54, 1.807) is 44.4 Å². The number of methoxy groups -OCH3 is 1. The fourth-order valence-electron chi connectivity index (χ4n) is 3.15. The molecule has 0 radical (unpaired) electrons. The molecule has 6 nitrogen and oxygen atoms in total. The van der Waals surface area contributed by atoms with E-state index in [1.165, 1.54) is 11.3 Å². The summed E-state index contributed by atoms with van der Waals surface area (Å²) in [5.74, 6) is 0.661. The van der Waals surface area contributed by atoms with Gasteiger partial charge in [0.2, 0.25) is 0 Å². The number of hydrogen-bond donors (Lipinski definition) is 1. The molecule has 2 aromatic carbocycles. The number of anilines is 1. The van der Waals surface area contributed by atoms with E-state index in [9.17, 15) is 8.42 Å². The number of aromatic nitrogens is 2. The van der Waals surface area contributed by atoms with E-state index in [4.69, 9.17) is 9.72 Å². The smallest absolute Gasteiger partial charge is 0.263 e. The van der Waals surface area contributed by atoms with Crippen molar-refractivity contribution in [2.75, 3.05) is 11.8 Å². The van der Waals surface area contributed by atoms with Gasteiger partial charge in [-0.15, -0.1) is 11.3 Å². The van der Waals surface area contributed by atoms with Crippen LogP contribution in [0.1, 0.15) is 5.69 Å². The summed E-state index contributed by atoms with van der Waals surface area (Å²) in [5, 5.41) is 2.75. The summed E-state index contributed by atoms with van der Waals surface area (Å²) in [6.07, 6.45) is 0. The normalized spacial score (nSPS) is 11.4. The van der Waals surface area contributed by atoms with Crippen molar-refractivity contribution in [2.24, 2.45) is 7.05 Å². The number of hydrogen-bond acceptors (Lipinski definition) is 5. The summed E-state index contributed by atoms with van der Waals surface area (Å²) in [5.41, 5.74) is 3.77. The van der Waals surface area contributed by atoms with Crippen LogP contribution in [0.15, 0.2) is 70.9 Å². The molecule has 8 heteroatoms. The molecule has 2 aromatic heterocycles. The number of benzene rings is 2. The van der Waals surface area contributed by atoms with Gasteiger partial charge in [-0.2, -0.15) is 0 Å². The van der Waals surface area contributed by atoms with Gasteiger partial charge in [0.25, 0.3) is 10.0 Å². The third kappa shape index (κ3) is 3.83. The fraction of sp³-hybridized carbons (Fsp3) is 0.136. The number of nitrogens with zero attached hydrogens (tertiary/aromatic N) is 2. The zero-order chi connectivity index (χ0) is 21.3. The number of sulfonamides is 1. The Morgan fingerprint density at radius 2 is 1.77 bits per heavy atom. The van der Waals surface area contributed by atoms with Crippen molar-refractivity contribution in [1.82, 2.24) is 9.55 Å². The predicted molar refractivity (Wildman–Crippen MR) is 120 cm³/mol. The van der Waals surface area contributed by atoms with Crippen LogP contribution in [0.2, 0.25) is 0 Å². The van der Waals surface area contributed by atoms with Gasteiger partial charge in [0.05, 0.1) is 18.5 Å².